The Morgan fingerprint density at radius 1 is 1.69 bits per heavy atom. The fourth-order valence-electron chi connectivity index (χ4n) is 1.06. The van der Waals surface area contributed by atoms with E-state index in [0.29, 0.717) is 5.95 Å². The molecule has 0 spiro atoms. The highest BCUT2D eigenvalue weighted by Gasteiger charge is 2.07. The first kappa shape index (κ1) is 10.1. The van der Waals surface area contributed by atoms with E-state index in [4.69, 9.17) is 9.57 Å². The molecule has 0 radical (unpaired) electrons. The monoisotopic (exact) mass is 184 g/mol. The Hall–Kier alpha value is -1.00. The third-order valence-corrected chi connectivity index (χ3v) is 1.74. The standard InChI is InChI=1S/C9H16N2O2/c1-3-9(12-2)13-11-8-5-4-6-10-7-8/h3-5,8,10-11H,6-7H2,1-2H3/b9-3-. The Labute approximate surface area is 78.6 Å². The van der Waals surface area contributed by atoms with Gasteiger partial charge in [0.25, 0.3) is 5.95 Å². The second-order valence-electron chi connectivity index (χ2n) is 2.72. The molecule has 1 heterocycles. The Bertz CT molecular complexity index is 202. The van der Waals surface area contributed by atoms with Crippen molar-refractivity contribution in [1.82, 2.24) is 10.8 Å². The lowest BCUT2D eigenvalue weighted by Gasteiger charge is -2.19. The molecule has 0 saturated carbocycles. The number of hydrogen-bond acceptors (Lipinski definition) is 4. The van der Waals surface area contributed by atoms with Crippen molar-refractivity contribution in [3.05, 3.63) is 24.2 Å². The lowest BCUT2D eigenvalue weighted by atomic mass is 10.2. The summed E-state index contributed by atoms with van der Waals surface area (Å²) in [5.74, 6) is 0.485. The number of hydrogen-bond donors (Lipinski definition) is 2. The van der Waals surface area contributed by atoms with Crippen LogP contribution in [0.3, 0.4) is 0 Å². The zero-order chi connectivity index (χ0) is 9.52. The summed E-state index contributed by atoms with van der Waals surface area (Å²) in [4.78, 5) is 5.18. The summed E-state index contributed by atoms with van der Waals surface area (Å²) in [7, 11) is 1.58. The molecule has 0 aromatic rings. The number of rotatable bonds is 4. The van der Waals surface area contributed by atoms with Crippen LogP contribution in [-0.4, -0.2) is 26.2 Å². The molecule has 0 bridgehead atoms. The Balaban J connectivity index is 2.24. The number of allylic oxidation sites excluding steroid dienone is 1. The molecule has 0 fully saturated rings. The number of ether oxygens (including phenoxy) is 1. The maximum Gasteiger partial charge on any atom is 0.294 e. The molecule has 74 valence electrons. The predicted molar refractivity (Wildman–Crippen MR) is 50.8 cm³/mol. The minimum absolute atomic E-state index is 0.207. The highest BCUT2D eigenvalue weighted by molar-refractivity contribution is 4.99. The molecule has 1 rings (SSSR count). The molecule has 1 aliphatic heterocycles. The lowest BCUT2D eigenvalue weighted by Crippen LogP contribution is -2.40. The van der Waals surface area contributed by atoms with Crippen molar-refractivity contribution >= 4 is 0 Å². The summed E-state index contributed by atoms with van der Waals surface area (Å²) in [5.41, 5.74) is 2.88. The fraction of sp³-hybridized carbons (Fsp3) is 0.556. The van der Waals surface area contributed by atoms with Crippen molar-refractivity contribution in [3.63, 3.8) is 0 Å². The van der Waals surface area contributed by atoms with Crippen LogP contribution in [0.1, 0.15) is 6.92 Å². The van der Waals surface area contributed by atoms with Crippen LogP contribution in [0.5, 0.6) is 0 Å². The van der Waals surface area contributed by atoms with Gasteiger partial charge in [0.15, 0.2) is 0 Å². The Morgan fingerprint density at radius 2 is 2.54 bits per heavy atom. The van der Waals surface area contributed by atoms with Gasteiger partial charge in [-0.25, -0.2) is 0 Å². The first-order chi connectivity index (χ1) is 6.36. The predicted octanol–water partition coefficient (Wildman–Crippen LogP) is 0.543. The molecule has 4 heteroatoms. The zero-order valence-electron chi connectivity index (χ0n) is 8.04. The van der Waals surface area contributed by atoms with Gasteiger partial charge in [-0.3, -0.25) is 0 Å². The molecule has 2 N–H and O–H groups in total. The van der Waals surface area contributed by atoms with Crippen molar-refractivity contribution < 1.29 is 9.57 Å². The van der Waals surface area contributed by atoms with Crippen LogP contribution in [0.25, 0.3) is 0 Å². The summed E-state index contributed by atoms with van der Waals surface area (Å²) in [6.07, 6.45) is 5.89. The van der Waals surface area contributed by atoms with Crippen LogP contribution in [0.2, 0.25) is 0 Å². The topological polar surface area (TPSA) is 42.5 Å². The molecule has 1 aliphatic rings. The van der Waals surface area contributed by atoms with E-state index in [9.17, 15) is 0 Å². The van der Waals surface area contributed by atoms with Crippen LogP contribution in [0.15, 0.2) is 24.2 Å². The normalized spacial score (nSPS) is 22.9. The average molecular weight is 184 g/mol. The summed E-state index contributed by atoms with van der Waals surface area (Å²) >= 11 is 0. The van der Waals surface area contributed by atoms with Crippen molar-refractivity contribution in [1.29, 1.82) is 0 Å². The molecule has 0 aromatic heterocycles. The number of methoxy groups -OCH3 is 1. The summed E-state index contributed by atoms with van der Waals surface area (Å²) < 4.78 is 4.92. The van der Waals surface area contributed by atoms with Crippen molar-refractivity contribution in [2.24, 2.45) is 0 Å². The SMILES string of the molecule is C/C=C(/OC)ONC1C=CCNC1. The second-order valence-corrected chi connectivity index (χ2v) is 2.72. The molecular weight excluding hydrogens is 168 g/mol. The molecule has 0 amide bonds. The Morgan fingerprint density at radius 3 is 3.08 bits per heavy atom. The molecule has 0 aliphatic carbocycles. The summed E-state index contributed by atoms with van der Waals surface area (Å²) in [6, 6.07) is 0.207. The van der Waals surface area contributed by atoms with Crippen molar-refractivity contribution in [3.8, 4) is 0 Å². The molecular formula is C9H16N2O2. The molecule has 1 atom stereocenters. The van der Waals surface area contributed by atoms with Crippen LogP contribution in [0, 0.1) is 0 Å². The van der Waals surface area contributed by atoms with Gasteiger partial charge in [0, 0.05) is 13.1 Å². The van der Waals surface area contributed by atoms with Gasteiger partial charge in [-0.2, -0.15) is 0 Å². The Kier molecular flexibility index (Phi) is 4.35. The number of nitrogens with one attached hydrogen (secondary N) is 2. The minimum Gasteiger partial charge on any atom is -0.468 e. The summed E-state index contributed by atoms with van der Waals surface area (Å²) in [5, 5.41) is 3.21. The molecule has 0 aromatic carbocycles. The van der Waals surface area contributed by atoms with Crippen LogP contribution in [0.4, 0.5) is 0 Å². The zero-order valence-corrected chi connectivity index (χ0v) is 8.04. The third kappa shape index (κ3) is 3.48. The van der Waals surface area contributed by atoms with Gasteiger partial charge in [0.1, 0.15) is 0 Å². The maximum absolute atomic E-state index is 5.18. The van der Waals surface area contributed by atoms with E-state index >= 15 is 0 Å². The molecule has 13 heavy (non-hydrogen) atoms. The summed E-state index contributed by atoms with van der Waals surface area (Å²) in [6.45, 7) is 3.66. The maximum atomic E-state index is 5.18. The molecule has 1 unspecified atom stereocenters. The van der Waals surface area contributed by atoms with E-state index < -0.39 is 0 Å². The van der Waals surface area contributed by atoms with Gasteiger partial charge in [0.2, 0.25) is 0 Å². The molecule has 0 saturated heterocycles. The van der Waals surface area contributed by atoms with Gasteiger partial charge in [0.05, 0.1) is 13.2 Å². The van der Waals surface area contributed by atoms with Crippen molar-refractivity contribution in [2.75, 3.05) is 20.2 Å². The van der Waals surface area contributed by atoms with E-state index in [-0.39, 0.29) is 6.04 Å². The van der Waals surface area contributed by atoms with Gasteiger partial charge in [-0.1, -0.05) is 12.2 Å². The minimum atomic E-state index is 0.207. The second kappa shape index (κ2) is 5.61. The fourth-order valence-corrected chi connectivity index (χ4v) is 1.06. The molecule has 4 nitrogen and oxygen atoms in total. The van der Waals surface area contributed by atoms with Gasteiger partial charge in [-0.15, -0.1) is 5.48 Å². The first-order valence-electron chi connectivity index (χ1n) is 4.37. The van der Waals surface area contributed by atoms with Crippen LogP contribution < -0.4 is 10.8 Å². The van der Waals surface area contributed by atoms with Gasteiger partial charge in [-0.05, 0) is 13.0 Å². The average Bonchev–Trinajstić information content (AvgIpc) is 2.21. The van der Waals surface area contributed by atoms with E-state index in [1.807, 2.05) is 6.92 Å². The third-order valence-electron chi connectivity index (χ3n) is 1.74. The smallest absolute Gasteiger partial charge is 0.294 e. The van der Waals surface area contributed by atoms with E-state index in [2.05, 4.69) is 22.9 Å². The largest absolute Gasteiger partial charge is 0.468 e. The van der Waals surface area contributed by atoms with Crippen LogP contribution in [-0.2, 0) is 9.57 Å². The van der Waals surface area contributed by atoms with E-state index in [1.54, 1.807) is 13.2 Å². The van der Waals surface area contributed by atoms with Gasteiger partial charge >= 0.3 is 0 Å². The highest BCUT2D eigenvalue weighted by atomic mass is 16.8. The lowest BCUT2D eigenvalue weighted by molar-refractivity contribution is -0.00985. The van der Waals surface area contributed by atoms with E-state index in [1.165, 1.54) is 0 Å². The number of hydroxylamine groups is 1. The van der Waals surface area contributed by atoms with E-state index in [0.717, 1.165) is 13.1 Å². The van der Waals surface area contributed by atoms with Gasteiger partial charge < -0.3 is 14.9 Å². The quantitative estimate of drug-likeness (QED) is 0.380. The van der Waals surface area contributed by atoms with Crippen molar-refractivity contribution in [2.45, 2.75) is 13.0 Å². The highest BCUT2D eigenvalue weighted by Crippen LogP contribution is 1.97. The first-order valence-corrected chi connectivity index (χ1v) is 4.37. The van der Waals surface area contributed by atoms with Crippen LogP contribution >= 0.6 is 0 Å².